The van der Waals surface area contributed by atoms with Crippen molar-refractivity contribution in [1.29, 1.82) is 0 Å². The van der Waals surface area contributed by atoms with Crippen LogP contribution >= 0.6 is 22.6 Å². The van der Waals surface area contributed by atoms with Crippen molar-refractivity contribution in [2.75, 3.05) is 0 Å². The Morgan fingerprint density at radius 1 is 0.824 bits per heavy atom. The molecule has 0 bridgehead atoms. The number of hydrogen-bond acceptors (Lipinski definition) is 0. The normalized spacial score (nSPS) is 11.5. The van der Waals surface area contributed by atoms with E-state index in [0.29, 0.717) is 0 Å². The van der Waals surface area contributed by atoms with Gasteiger partial charge in [-0.25, -0.2) is 0 Å². The molecular formula is C16H17I. The van der Waals surface area contributed by atoms with Crippen LogP contribution in [-0.4, -0.2) is 0 Å². The van der Waals surface area contributed by atoms with Gasteiger partial charge in [-0.3, -0.25) is 0 Å². The average Bonchev–Trinajstić information content (AvgIpc) is 2.28. The van der Waals surface area contributed by atoms with E-state index in [4.69, 9.17) is 0 Å². The molecule has 2 aromatic rings. The molecule has 0 spiro atoms. The fourth-order valence-electron chi connectivity index (χ4n) is 1.82. The van der Waals surface area contributed by atoms with E-state index >= 15 is 0 Å². The molecule has 0 radical (unpaired) electrons. The fourth-order valence-corrected chi connectivity index (χ4v) is 2.49. The van der Waals surface area contributed by atoms with E-state index in [1.54, 1.807) is 0 Å². The van der Waals surface area contributed by atoms with E-state index in [1.807, 2.05) is 0 Å². The molecule has 0 saturated heterocycles. The second kappa shape index (κ2) is 4.81. The third-order valence-corrected chi connectivity index (χ3v) is 3.49. The molecule has 0 nitrogen and oxygen atoms in total. The van der Waals surface area contributed by atoms with Crippen molar-refractivity contribution in [2.45, 2.75) is 26.2 Å². The zero-order chi connectivity index (χ0) is 12.5. The maximum Gasteiger partial charge on any atom is 0.0139 e. The first-order valence-corrected chi connectivity index (χ1v) is 6.91. The lowest BCUT2D eigenvalue weighted by molar-refractivity contribution is 0.590. The molecule has 0 unspecified atom stereocenters. The molecule has 1 heteroatoms. The molecule has 0 aliphatic carbocycles. The molecule has 2 aromatic carbocycles. The first-order chi connectivity index (χ1) is 7.97. The van der Waals surface area contributed by atoms with Crippen molar-refractivity contribution >= 4 is 22.6 Å². The molecule has 0 aliphatic rings. The van der Waals surface area contributed by atoms with Gasteiger partial charge in [0.1, 0.15) is 0 Å². The fraction of sp³-hybridized carbons (Fsp3) is 0.250. The summed E-state index contributed by atoms with van der Waals surface area (Å²) in [6, 6.07) is 17.4. The van der Waals surface area contributed by atoms with Crippen molar-refractivity contribution in [1.82, 2.24) is 0 Å². The van der Waals surface area contributed by atoms with Crippen molar-refractivity contribution in [3.8, 4) is 11.1 Å². The van der Waals surface area contributed by atoms with Crippen LogP contribution in [0.15, 0.2) is 48.5 Å². The quantitative estimate of drug-likeness (QED) is 0.624. The zero-order valence-electron chi connectivity index (χ0n) is 10.5. The zero-order valence-corrected chi connectivity index (χ0v) is 12.7. The Kier molecular flexibility index (Phi) is 3.57. The topological polar surface area (TPSA) is 0 Å². The monoisotopic (exact) mass is 336 g/mol. The molecule has 0 aromatic heterocycles. The second-order valence-corrected chi connectivity index (χ2v) is 6.59. The van der Waals surface area contributed by atoms with Crippen LogP contribution in [0, 0.1) is 3.57 Å². The van der Waals surface area contributed by atoms with Crippen LogP contribution in [0.3, 0.4) is 0 Å². The summed E-state index contributed by atoms with van der Waals surface area (Å²) in [6.07, 6.45) is 0. The number of benzene rings is 2. The summed E-state index contributed by atoms with van der Waals surface area (Å²) >= 11 is 2.40. The number of halogens is 1. The molecule has 0 heterocycles. The smallest absolute Gasteiger partial charge is 0.0139 e. The molecule has 0 atom stereocenters. The van der Waals surface area contributed by atoms with Gasteiger partial charge in [0, 0.05) is 3.57 Å². The van der Waals surface area contributed by atoms with Crippen molar-refractivity contribution in [2.24, 2.45) is 0 Å². The second-order valence-electron chi connectivity index (χ2n) is 5.34. The van der Waals surface area contributed by atoms with Crippen LogP contribution in [0.2, 0.25) is 0 Å². The van der Waals surface area contributed by atoms with Gasteiger partial charge in [-0.15, -0.1) is 0 Å². The van der Waals surface area contributed by atoms with E-state index in [2.05, 4.69) is 91.9 Å². The highest BCUT2D eigenvalue weighted by Gasteiger charge is 2.15. The highest BCUT2D eigenvalue weighted by Crippen LogP contribution is 2.29. The van der Waals surface area contributed by atoms with Gasteiger partial charge in [-0.2, -0.15) is 0 Å². The summed E-state index contributed by atoms with van der Waals surface area (Å²) in [5.41, 5.74) is 4.19. The molecule has 0 saturated carbocycles. The lowest BCUT2D eigenvalue weighted by Gasteiger charge is -2.20. The highest BCUT2D eigenvalue weighted by atomic mass is 127. The predicted molar refractivity (Wildman–Crippen MR) is 83.3 cm³/mol. The Balaban J connectivity index is 2.54. The van der Waals surface area contributed by atoms with E-state index < -0.39 is 0 Å². The maximum absolute atomic E-state index is 2.40. The Bertz CT molecular complexity index is 507. The lowest BCUT2D eigenvalue weighted by Crippen LogP contribution is -2.11. The van der Waals surface area contributed by atoms with E-state index in [-0.39, 0.29) is 5.41 Å². The van der Waals surface area contributed by atoms with Gasteiger partial charge in [-0.1, -0.05) is 57.2 Å². The molecule has 17 heavy (non-hydrogen) atoms. The SMILES string of the molecule is CC(C)(C)c1cc(I)cc(-c2ccccc2)c1. The largest absolute Gasteiger partial charge is 0.0622 e. The van der Waals surface area contributed by atoms with E-state index in [1.165, 1.54) is 20.3 Å². The van der Waals surface area contributed by atoms with Crippen LogP contribution in [0.25, 0.3) is 11.1 Å². The Labute approximate surface area is 117 Å². The Morgan fingerprint density at radius 2 is 1.47 bits per heavy atom. The van der Waals surface area contributed by atoms with Crippen LogP contribution in [0.1, 0.15) is 26.3 Å². The summed E-state index contributed by atoms with van der Waals surface area (Å²) in [6.45, 7) is 6.77. The van der Waals surface area contributed by atoms with Gasteiger partial charge >= 0.3 is 0 Å². The average molecular weight is 336 g/mol. The van der Waals surface area contributed by atoms with Crippen molar-refractivity contribution in [3.05, 3.63) is 57.7 Å². The molecule has 88 valence electrons. The highest BCUT2D eigenvalue weighted by molar-refractivity contribution is 14.1. The minimum Gasteiger partial charge on any atom is -0.0622 e. The van der Waals surface area contributed by atoms with Crippen LogP contribution < -0.4 is 0 Å². The molecule has 0 amide bonds. The van der Waals surface area contributed by atoms with Gasteiger partial charge in [-0.05, 0) is 56.8 Å². The third kappa shape index (κ3) is 3.09. The minimum absolute atomic E-state index is 0.199. The molecular weight excluding hydrogens is 319 g/mol. The van der Waals surface area contributed by atoms with Gasteiger partial charge < -0.3 is 0 Å². The summed E-state index contributed by atoms with van der Waals surface area (Å²) in [4.78, 5) is 0. The van der Waals surface area contributed by atoms with Gasteiger partial charge in [0.2, 0.25) is 0 Å². The summed E-state index contributed by atoms with van der Waals surface area (Å²) < 4.78 is 1.30. The molecule has 0 fully saturated rings. The minimum atomic E-state index is 0.199. The standard InChI is InChI=1S/C16H17I/c1-16(2,3)14-9-13(10-15(17)11-14)12-7-5-4-6-8-12/h4-11H,1-3H3. The van der Waals surface area contributed by atoms with E-state index in [9.17, 15) is 0 Å². The summed E-state index contributed by atoms with van der Waals surface area (Å²) in [7, 11) is 0. The molecule has 0 N–H and O–H groups in total. The third-order valence-electron chi connectivity index (χ3n) is 2.87. The summed E-state index contributed by atoms with van der Waals surface area (Å²) in [5.74, 6) is 0. The van der Waals surface area contributed by atoms with Crippen molar-refractivity contribution in [3.63, 3.8) is 0 Å². The van der Waals surface area contributed by atoms with Gasteiger partial charge in [0.15, 0.2) is 0 Å². The van der Waals surface area contributed by atoms with Crippen LogP contribution in [0.5, 0.6) is 0 Å². The Morgan fingerprint density at radius 3 is 2.06 bits per heavy atom. The first kappa shape index (κ1) is 12.6. The van der Waals surface area contributed by atoms with E-state index in [0.717, 1.165) is 0 Å². The molecule has 0 aliphatic heterocycles. The number of hydrogen-bond donors (Lipinski definition) is 0. The van der Waals surface area contributed by atoms with Crippen LogP contribution in [-0.2, 0) is 5.41 Å². The van der Waals surface area contributed by atoms with Crippen molar-refractivity contribution < 1.29 is 0 Å². The first-order valence-electron chi connectivity index (χ1n) is 5.83. The molecule has 2 rings (SSSR count). The van der Waals surface area contributed by atoms with Gasteiger partial charge in [0.25, 0.3) is 0 Å². The lowest BCUT2D eigenvalue weighted by atomic mass is 9.85. The maximum atomic E-state index is 2.40. The van der Waals surface area contributed by atoms with Gasteiger partial charge in [0.05, 0.1) is 0 Å². The number of rotatable bonds is 1. The predicted octanol–water partition coefficient (Wildman–Crippen LogP) is 5.26. The Hall–Kier alpha value is -0.830. The summed E-state index contributed by atoms with van der Waals surface area (Å²) in [5, 5.41) is 0. The van der Waals surface area contributed by atoms with Crippen LogP contribution in [0.4, 0.5) is 0 Å².